The fourth-order valence-electron chi connectivity index (χ4n) is 1.28. The lowest BCUT2D eigenvalue weighted by molar-refractivity contribution is -0.130. The standard InChI is InChI=1S/C10H10N2O8S2/c11-21(15,16)19-9(13)6-8(7-4-2-1-3-5-7)10(14)20-22(12,17)18/h1-6H,(H2,11,15,16)(H2,12,17,18)/b8-6-. The fourth-order valence-corrected chi connectivity index (χ4v) is 1.86. The minimum atomic E-state index is -4.63. The van der Waals surface area contributed by atoms with E-state index in [-0.39, 0.29) is 5.56 Å². The molecule has 0 aliphatic heterocycles. The Morgan fingerprint density at radius 2 is 1.41 bits per heavy atom. The molecule has 1 aromatic rings. The first-order valence-corrected chi connectivity index (χ1v) is 8.22. The molecule has 0 radical (unpaired) electrons. The van der Waals surface area contributed by atoms with Gasteiger partial charge >= 0.3 is 32.5 Å². The highest BCUT2D eigenvalue weighted by atomic mass is 32.2. The molecule has 1 rings (SSSR count). The fraction of sp³-hybridized carbons (Fsp3) is 0. The van der Waals surface area contributed by atoms with Gasteiger partial charge in [-0.25, -0.2) is 9.59 Å². The van der Waals surface area contributed by atoms with E-state index < -0.39 is 38.1 Å². The third-order valence-electron chi connectivity index (χ3n) is 1.96. The molecule has 0 aliphatic rings. The molecular weight excluding hydrogens is 340 g/mol. The number of benzene rings is 1. The summed E-state index contributed by atoms with van der Waals surface area (Å²) >= 11 is 0. The van der Waals surface area contributed by atoms with E-state index in [1.54, 1.807) is 6.07 Å². The van der Waals surface area contributed by atoms with E-state index in [4.69, 9.17) is 0 Å². The Morgan fingerprint density at radius 3 is 1.86 bits per heavy atom. The summed E-state index contributed by atoms with van der Waals surface area (Å²) in [7, 11) is -9.23. The van der Waals surface area contributed by atoms with Gasteiger partial charge in [0.2, 0.25) is 0 Å². The molecule has 4 N–H and O–H groups in total. The smallest absolute Gasteiger partial charge is 0.330 e. The van der Waals surface area contributed by atoms with Crippen LogP contribution < -0.4 is 10.3 Å². The van der Waals surface area contributed by atoms with E-state index in [2.05, 4.69) is 18.6 Å². The lowest BCUT2D eigenvalue weighted by Gasteiger charge is -2.06. The molecule has 0 unspecified atom stereocenters. The van der Waals surface area contributed by atoms with Crippen LogP contribution in [0.2, 0.25) is 0 Å². The molecule has 0 aromatic heterocycles. The monoisotopic (exact) mass is 350 g/mol. The van der Waals surface area contributed by atoms with Gasteiger partial charge in [0.15, 0.2) is 0 Å². The SMILES string of the molecule is NS(=O)(=O)OC(=O)/C=C(\C(=O)OS(N)(=O)=O)c1ccccc1. The summed E-state index contributed by atoms with van der Waals surface area (Å²) in [6, 6.07) is 7.19. The first-order valence-electron chi connectivity index (χ1n) is 5.28. The highest BCUT2D eigenvalue weighted by Gasteiger charge is 2.21. The first-order chi connectivity index (χ1) is 9.98. The van der Waals surface area contributed by atoms with Gasteiger partial charge in [0.05, 0.1) is 5.57 Å². The number of hydrogen-bond donors (Lipinski definition) is 2. The van der Waals surface area contributed by atoms with E-state index in [1.807, 2.05) is 0 Å². The third kappa shape index (κ3) is 6.45. The second-order valence-electron chi connectivity index (χ2n) is 3.68. The van der Waals surface area contributed by atoms with Gasteiger partial charge in [-0.2, -0.15) is 27.1 Å². The maximum absolute atomic E-state index is 11.7. The summed E-state index contributed by atoms with van der Waals surface area (Å²) in [6.07, 6.45) is 0.410. The molecule has 10 nitrogen and oxygen atoms in total. The van der Waals surface area contributed by atoms with Crippen molar-refractivity contribution >= 4 is 38.1 Å². The lowest BCUT2D eigenvalue weighted by Crippen LogP contribution is -2.23. The number of rotatable bonds is 5. The Labute approximate surface area is 125 Å². The summed E-state index contributed by atoms with van der Waals surface area (Å²) in [5, 5.41) is 9.05. The second kappa shape index (κ2) is 6.65. The lowest BCUT2D eigenvalue weighted by atomic mass is 10.1. The minimum Gasteiger partial charge on any atom is -0.330 e. The molecule has 0 aliphatic carbocycles. The molecule has 0 heterocycles. The average molecular weight is 350 g/mol. The zero-order valence-corrected chi connectivity index (χ0v) is 12.3. The zero-order chi connectivity index (χ0) is 17.0. The van der Waals surface area contributed by atoms with Crippen LogP contribution in [-0.2, 0) is 38.6 Å². The molecule has 22 heavy (non-hydrogen) atoms. The van der Waals surface area contributed by atoms with Crippen molar-refractivity contribution in [3.05, 3.63) is 42.0 Å². The van der Waals surface area contributed by atoms with Gasteiger partial charge in [-0.1, -0.05) is 30.3 Å². The first kappa shape index (κ1) is 17.8. The van der Waals surface area contributed by atoms with E-state index in [0.29, 0.717) is 6.08 Å². The van der Waals surface area contributed by atoms with Crippen molar-refractivity contribution in [2.45, 2.75) is 0 Å². The van der Waals surface area contributed by atoms with Crippen LogP contribution in [0.4, 0.5) is 0 Å². The van der Waals surface area contributed by atoms with Crippen LogP contribution in [0, 0.1) is 0 Å². The Hall–Kier alpha value is -2.28. The number of carbonyl (C=O) groups excluding carboxylic acids is 2. The predicted octanol–water partition coefficient (Wildman–Crippen LogP) is -1.44. The van der Waals surface area contributed by atoms with Crippen LogP contribution >= 0.6 is 0 Å². The van der Waals surface area contributed by atoms with Gasteiger partial charge in [-0.05, 0) is 5.56 Å². The van der Waals surface area contributed by atoms with Crippen LogP contribution in [-0.4, -0.2) is 28.8 Å². The Bertz CT molecular complexity index is 812. The molecule has 0 spiro atoms. The topological polar surface area (TPSA) is 173 Å². The summed E-state index contributed by atoms with van der Waals surface area (Å²) in [5.74, 6) is -3.02. The molecule has 0 bridgehead atoms. The van der Waals surface area contributed by atoms with Crippen molar-refractivity contribution in [2.75, 3.05) is 0 Å². The molecule has 0 amide bonds. The van der Waals surface area contributed by atoms with E-state index >= 15 is 0 Å². The molecule has 0 saturated carbocycles. The summed E-state index contributed by atoms with van der Waals surface area (Å²) in [6.45, 7) is 0. The van der Waals surface area contributed by atoms with Gasteiger partial charge in [0.1, 0.15) is 0 Å². The third-order valence-corrected chi connectivity index (χ3v) is 2.74. The highest BCUT2D eigenvalue weighted by molar-refractivity contribution is 7.85. The van der Waals surface area contributed by atoms with Gasteiger partial charge < -0.3 is 8.37 Å². The van der Waals surface area contributed by atoms with Crippen molar-refractivity contribution in [1.29, 1.82) is 0 Å². The average Bonchev–Trinajstić information content (AvgIpc) is 2.32. The van der Waals surface area contributed by atoms with Gasteiger partial charge in [-0.15, -0.1) is 0 Å². The van der Waals surface area contributed by atoms with Crippen LogP contribution in [0.15, 0.2) is 36.4 Å². The summed E-state index contributed by atoms with van der Waals surface area (Å²) in [5.41, 5.74) is -0.536. The van der Waals surface area contributed by atoms with Gasteiger partial charge in [-0.3, -0.25) is 0 Å². The predicted molar refractivity (Wildman–Crippen MR) is 72.8 cm³/mol. The number of hydrogen-bond acceptors (Lipinski definition) is 8. The number of carbonyl (C=O) groups is 2. The molecule has 0 fully saturated rings. The van der Waals surface area contributed by atoms with Crippen LogP contribution in [0.1, 0.15) is 5.56 Å². The molecule has 12 heteroatoms. The molecule has 0 atom stereocenters. The summed E-state index contributed by atoms with van der Waals surface area (Å²) < 4.78 is 50.6. The molecule has 1 aromatic carbocycles. The Kier molecular flexibility index (Phi) is 5.38. The van der Waals surface area contributed by atoms with Gasteiger partial charge in [0, 0.05) is 6.08 Å². The maximum Gasteiger partial charge on any atom is 0.382 e. The highest BCUT2D eigenvalue weighted by Crippen LogP contribution is 2.17. The zero-order valence-electron chi connectivity index (χ0n) is 10.7. The van der Waals surface area contributed by atoms with Crippen LogP contribution in [0.5, 0.6) is 0 Å². The van der Waals surface area contributed by atoms with Gasteiger partial charge in [0.25, 0.3) is 0 Å². The van der Waals surface area contributed by atoms with Crippen molar-refractivity contribution in [1.82, 2.24) is 0 Å². The molecular formula is C10H10N2O8S2. The molecule has 120 valence electrons. The summed E-state index contributed by atoms with van der Waals surface area (Å²) in [4.78, 5) is 23.1. The minimum absolute atomic E-state index is 0.0579. The van der Waals surface area contributed by atoms with Crippen LogP contribution in [0.25, 0.3) is 5.57 Å². The largest absolute Gasteiger partial charge is 0.382 e. The van der Waals surface area contributed by atoms with Crippen LogP contribution in [0.3, 0.4) is 0 Å². The number of nitrogens with two attached hydrogens (primary N) is 2. The Morgan fingerprint density at radius 1 is 0.909 bits per heavy atom. The van der Waals surface area contributed by atoms with Crippen molar-refractivity contribution in [3.63, 3.8) is 0 Å². The quantitative estimate of drug-likeness (QED) is 0.607. The van der Waals surface area contributed by atoms with Crippen molar-refractivity contribution < 1.29 is 34.8 Å². The van der Waals surface area contributed by atoms with E-state index in [0.717, 1.165) is 0 Å². The van der Waals surface area contributed by atoms with E-state index in [1.165, 1.54) is 24.3 Å². The second-order valence-corrected chi connectivity index (χ2v) is 5.99. The molecule has 0 saturated heterocycles. The normalized spacial score (nSPS) is 12.5. The maximum atomic E-state index is 11.7. The van der Waals surface area contributed by atoms with Crippen molar-refractivity contribution in [3.8, 4) is 0 Å². The Balaban J connectivity index is 3.23. The van der Waals surface area contributed by atoms with Crippen molar-refractivity contribution in [2.24, 2.45) is 10.3 Å². The van der Waals surface area contributed by atoms with E-state index in [9.17, 15) is 26.4 Å².